The average molecular weight is 415 g/mol. The van der Waals surface area contributed by atoms with Crippen molar-refractivity contribution in [3.63, 3.8) is 0 Å². The Morgan fingerprint density at radius 2 is 1.76 bits per heavy atom. The lowest BCUT2D eigenvalue weighted by Gasteiger charge is -2.37. The maximum Gasteiger partial charge on any atom is 0.488 e. The highest BCUT2D eigenvalue weighted by Gasteiger charge is 2.37. The Hall–Kier alpha value is -1.67. The molecule has 1 heterocycles. The van der Waals surface area contributed by atoms with Crippen LogP contribution in [0.4, 0.5) is 0 Å². The van der Waals surface area contributed by atoms with E-state index in [1.807, 2.05) is 12.3 Å². The zero-order valence-corrected chi connectivity index (χ0v) is 19.3. The first-order valence-electron chi connectivity index (χ1n) is 10.2. The maximum absolute atomic E-state index is 9.22. The van der Waals surface area contributed by atoms with E-state index in [4.69, 9.17) is 9.16 Å². The molecular formula is C22H34BNO4Si. The zero-order chi connectivity index (χ0) is 21.5. The van der Waals surface area contributed by atoms with E-state index in [2.05, 4.69) is 44.9 Å². The fourth-order valence-electron chi connectivity index (χ4n) is 2.62. The molecule has 0 aliphatic carbocycles. The second kappa shape index (κ2) is 10.4. The van der Waals surface area contributed by atoms with Gasteiger partial charge in [0, 0.05) is 24.9 Å². The molecule has 2 N–H and O–H groups in total. The van der Waals surface area contributed by atoms with Crippen molar-refractivity contribution in [2.75, 3.05) is 13.2 Å². The molecule has 0 aliphatic rings. The first-order chi connectivity index (χ1) is 13.6. The van der Waals surface area contributed by atoms with Crippen molar-refractivity contribution < 1.29 is 19.2 Å². The SMILES string of the molecule is CC(C)(C)[Si](C)(C)OCC(CCc1cccnc1)COc1ccc(B(O)O)cc1. The summed E-state index contributed by atoms with van der Waals surface area (Å²) in [5.74, 6) is 0.973. The van der Waals surface area contributed by atoms with Crippen LogP contribution in [0, 0.1) is 5.92 Å². The third-order valence-electron chi connectivity index (χ3n) is 5.71. The molecular weight excluding hydrogens is 381 g/mol. The number of rotatable bonds is 10. The van der Waals surface area contributed by atoms with Crippen LogP contribution >= 0.6 is 0 Å². The van der Waals surface area contributed by atoms with Crippen LogP contribution in [-0.4, -0.2) is 43.7 Å². The molecule has 0 fully saturated rings. The standard InChI is InChI=1S/C22H34BNO4Si/c1-22(2,3)29(4,5)28-17-19(9-8-18-7-6-14-24-15-18)16-27-21-12-10-20(11-13-21)23(25)26/h6-7,10-15,19,25-26H,8-9,16-17H2,1-5H3. The largest absolute Gasteiger partial charge is 0.493 e. The smallest absolute Gasteiger partial charge is 0.488 e. The lowest BCUT2D eigenvalue weighted by Crippen LogP contribution is -2.42. The molecule has 29 heavy (non-hydrogen) atoms. The summed E-state index contributed by atoms with van der Waals surface area (Å²) in [6.07, 6.45) is 5.58. The molecule has 1 aromatic heterocycles. The number of benzene rings is 1. The summed E-state index contributed by atoms with van der Waals surface area (Å²) in [4.78, 5) is 4.20. The topological polar surface area (TPSA) is 71.8 Å². The van der Waals surface area contributed by atoms with Gasteiger partial charge in [0.1, 0.15) is 5.75 Å². The fraction of sp³-hybridized carbons (Fsp3) is 0.500. The molecule has 0 saturated carbocycles. The summed E-state index contributed by atoms with van der Waals surface area (Å²) in [6.45, 7) is 12.5. The first-order valence-corrected chi connectivity index (χ1v) is 13.1. The molecule has 0 saturated heterocycles. The maximum atomic E-state index is 9.22. The van der Waals surface area contributed by atoms with Gasteiger partial charge in [-0.25, -0.2) is 0 Å². The van der Waals surface area contributed by atoms with Crippen molar-refractivity contribution in [3.8, 4) is 5.75 Å². The highest BCUT2D eigenvalue weighted by molar-refractivity contribution is 6.74. The van der Waals surface area contributed by atoms with Crippen molar-refractivity contribution in [2.45, 2.75) is 51.7 Å². The van der Waals surface area contributed by atoms with Gasteiger partial charge in [-0.15, -0.1) is 0 Å². The predicted molar refractivity (Wildman–Crippen MR) is 121 cm³/mol. The van der Waals surface area contributed by atoms with Crippen molar-refractivity contribution in [1.29, 1.82) is 0 Å². The van der Waals surface area contributed by atoms with Gasteiger partial charge in [0.25, 0.3) is 0 Å². The Kier molecular flexibility index (Phi) is 8.46. The van der Waals surface area contributed by atoms with Crippen LogP contribution in [0.1, 0.15) is 32.8 Å². The summed E-state index contributed by atoms with van der Waals surface area (Å²) < 4.78 is 12.5. The number of aromatic nitrogens is 1. The minimum atomic E-state index is -1.83. The molecule has 0 radical (unpaired) electrons. The van der Waals surface area contributed by atoms with Gasteiger partial charge in [-0.2, -0.15) is 0 Å². The third-order valence-corrected chi connectivity index (χ3v) is 10.2. The van der Waals surface area contributed by atoms with Crippen LogP contribution in [-0.2, 0) is 10.8 Å². The molecule has 0 amide bonds. The third kappa shape index (κ3) is 7.59. The quantitative estimate of drug-likeness (QED) is 0.582. The van der Waals surface area contributed by atoms with Crippen molar-refractivity contribution in [3.05, 3.63) is 54.4 Å². The highest BCUT2D eigenvalue weighted by Crippen LogP contribution is 2.37. The van der Waals surface area contributed by atoms with Crippen LogP contribution in [0.2, 0.25) is 18.1 Å². The lowest BCUT2D eigenvalue weighted by molar-refractivity contribution is 0.160. The van der Waals surface area contributed by atoms with Gasteiger partial charge in [0.2, 0.25) is 0 Å². The Labute approximate surface area is 176 Å². The minimum Gasteiger partial charge on any atom is -0.493 e. The van der Waals surface area contributed by atoms with Gasteiger partial charge < -0.3 is 19.2 Å². The van der Waals surface area contributed by atoms with Gasteiger partial charge in [-0.1, -0.05) is 39.0 Å². The minimum absolute atomic E-state index is 0.169. The first kappa shape index (κ1) is 23.6. The molecule has 0 spiro atoms. The number of hydrogen-bond acceptors (Lipinski definition) is 5. The highest BCUT2D eigenvalue weighted by atomic mass is 28.4. The van der Waals surface area contributed by atoms with Gasteiger partial charge in [0.05, 0.1) is 6.61 Å². The summed E-state index contributed by atoms with van der Waals surface area (Å²) in [7, 11) is -3.29. The average Bonchev–Trinajstić information content (AvgIpc) is 2.67. The van der Waals surface area contributed by atoms with Crippen LogP contribution in [0.15, 0.2) is 48.8 Å². The predicted octanol–water partition coefficient (Wildman–Crippen LogP) is 3.41. The molecule has 158 valence electrons. The summed E-state index contributed by atoms with van der Waals surface area (Å²) in [6, 6.07) is 10.9. The van der Waals surface area contributed by atoms with Crippen molar-refractivity contribution in [2.24, 2.45) is 5.92 Å². The number of hydrogen-bond donors (Lipinski definition) is 2. The monoisotopic (exact) mass is 415 g/mol. The van der Waals surface area contributed by atoms with Crippen LogP contribution in [0.25, 0.3) is 0 Å². The second-order valence-corrected chi connectivity index (χ2v) is 13.9. The molecule has 0 bridgehead atoms. The number of nitrogens with zero attached hydrogens (tertiary/aromatic N) is 1. The van der Waals surface area contributed by atoms with Crippen molar-refractivity contribution >= 4 is 20.9 Å². The van der Waals surface area contributed by atoms with E-state index >= 15 is 0 Å². The van der Waals surface area contributed by atoms with Gasteiger partial charge in [-0.05, 0) is 60.2 Å². The number of pyridine rings is 1. The number of aryl methyl sites for hydroxylation is 1. The van der Waals surface area contributed by atoms with Gasteiger partial charge in [0.15, 0.2) is 8.32 Å². The van der Waals surface area contributed by atoms with E-state index in [9.17, 15) is 10.0 Å². The Morgan fingerprint density at radius 3 is 2.31 bits per heavy atom. The molecule has 7 heteroatoms. The van der Waals surface area contributed by atoms with Gasteiger partial charge >= 0.3 is 7.12 Å². The molecule has 1 unspecified atom stereocenters. The summed E-state index contributed by atoms with van der Waals surface area (Å²) in [5, 5.41) is 18.6. The van der Waals surface area contributed by atoms with Crippen molar-refractivity contribution in [1.82, 2.24) is 4.98 Å². The summed E-state index contributed by atoms with van der Waals surface area (Å²) >= 11 is 0. The molecule has 0 aliphatic heterocycles. The van der Waals surface area contributed by atoms with E-state index in [0.717, 1.165) is 12.8 Å². The molecule has 1 atom stereocenters. The second-order valence-electron chi connectivity index (χ2n) is 9.09. The van der Waals surface area contributed by atoms with E-state index in [0.29, 0.717) is 24.4 Å². The Bertz CT molecular complexity index is 733. The normalized spacial score (nSPS) is 13.2. The number of ether oxygens (including phenoxy) is 1. The molecule has 1 aromatic carbocycles. The van der Waals surface area contributed by atoms with E-state index in [-0.39, 0.29) is 11.0 Å². The fourth-order valence-corrected chi connectivity index (χ4v) is 3.71. The van der Waals surface area contributed by atoms with Crippen LogP contribution in [0.5, 0.6) is 5.75 Å². The Morgan fingerprint density at radius 1 is 1.07 bits per heavy atom. The van der Waals surface area contributed by atoms with Crippen LogP contribution in [0.3, 0.4) is 0 Å². The summed E-state index contributed by atoms with van der Waals surface area (Å²) in [5.41, 5.74) is 1.66. The van der Waals surface area contributed by atoms with E-state index in [1.54, 1.807) is 30.5 Å². The lowest BCUT2D eigenvalue weighted by atomic mass is 9.80. The molecule has 2 aromatic rings. The van der Waals surface area contributed by atoms with Gasteiger partial charge in [-0.3, -0.25) is 4.98 Å². The molecule has 5 nitrogen and oxygen atoms in total. The van der Waals surface area contributed by atoms with E-state index in [1.165, 1.54) is 5.56 Å². The van der Waals surface area contributed by atoms with E-state index < -0.39 is 15.4 Å². The zero-order valence-electron chi connectivity index (χ0n) is 18.3. The molecule has 2 rings (SSSR count). The van der Waals surface area contributed by atoms with Crippen LogP contribution < -0.4 is 10.2 Å². The Balaban J connectivity index is 1.99.